The molecule has 0 spiro atoms. The van der Waals surface area contributed by atoms with Gasteiger partial charge in [-0.3, -0.25) is 4.79 Å². The Morgan fingerprint density at radius 3 is 2.43 bits per heavy atom. The zero-order chi connectivity index (χ0) is 20.6. The Kier molecular flexibility index (Phi) is 5.46. The van der Waals surface area contributed by atoms with E-state index in [1.807, 2.05) is 0 Å². The lowest BCUT2D eigenvalue weighted by Crippen LogP contribution is -2.37. The molecule has 2 aromatic heterocycles. The van der Waals surface area contributed by atoms with Crippen LogP contribution < -0.4 is 4.31 Å². The smallest absolute Gasteiger partial charge is 0.326 e. The lowest BCUT2D eigenvalue weighted by molar-refractivity contribution is -0.138. The molecule has 0 saturated heterocycles. The number of aromatic nitrogens is 4. The van der Waals surface area contributed by atoms with Crippen LogP contribution in [0.15, 0.2) is 29.2 Å². The van der Waals surface area contributed by atoms with Crippen molar-refractivity contribution in [3.05, 3.63) is 45.7 Å². The standard InChI is InChI=1S/C16H15Cl2N5O4S/c1-9-14(18)10(2)23-15(19-9)20-16(21-23)22(8-13(24)27-3)28(25,26)12-6-4-11(17)5-7-12/h4-7H,8H2,1-3H3. The Morgan fingerprint density at radius 2 is 1.82 bits per heavy atom. The number of sulfonamides is 1. The summed E-state index contributed by atoms with van der Waals surface area (Å²) in [5.74, 6) is -0.872. The fraction of sp³-hybridized carbons (Fsp3) is 0.250. The maximum Gasteiger partial charge on any atom is 0.326 e. The molecule has 0 aliphatic rings. The van der Waals surface area contributed by atoms with Crippen molar-refractivity contribution >= 4 is 50.9 Å². The average molecular weight is 444 g/mol. The zero-order valence-corrected chi connectivity index (χ0v) is 17.4. The van der Waals surface area contributed by atoms with Gasteiger partial charge in [-0.05, 0) is 38.1 Å². The molecule has 0 unspecified atom stereocenters. The van der Waals surface area contributed by atoms with Gasteiger partial charge >= 0.3 is 5.97 Å². The molecule has 0 aliphatic carbocycles. The van der Waals surface area contributed by atoms with Crippen LogP contribution in [0.3, 0.4) is 0 Å². The number of benzene rings is 1. The topological polar surface area (TPSA) is 107 Å². The molecule has 0 aliphatic heterocycles. The van der Waals surface area contributed by atoms with Crippen molar-refractivity contribution in [3.63, 3.8) is 0 Å². The monoisotopic (exact) mass is 443 g/mol. The number of aryl methyl sites for hydroxylation is 2. The average Bonchev–Trinajstić information content (AvgIpc) is 3.07. The van der Waals surface area contributed by atoms with Crippen molar-refractivity contribution in [2.45, 2.75) is 18.7 Å². The van der Waals surface area contributed by atoms with Crippen LogP contribution in [0.25, 0.3) is 5.78 Å². The first-order chi connectivity index (χ1) is 13.1. The van der Waals surface area contributed by atoms with Gasteiger partial charge < -0.3 is 4.74 Å². The van der Waals surface area contributed by atoms with Crippen LogP contribution in [0.1, 0.15) is 11.4 Å². The van der Waals surface area contributed by atoms with Gasteiger partial charge in [0.25, 0.3) is 21.7 Å². The fourth-order valence-electron chi connectivity index (χ4n) is 2.43. The quantitative estimate of drug-likeness (QED) is 0.557. The van der Waals surface area contributed by atoms with Gasteiger partial charge in [0.2, 0.25) is 0 Å². The normalized spacial score (nSPS) is 11.6. The van der Waals surface area contributed by atoms with Crippen molar-refractivity contribution in [1.29, 1.82) is 0 Å². The summed E-state index contributed by atoms with van der Waals surface area (Å²) in [4.78, 5) is 20.2. The fourth-order valence-corrected chi connectivity index (χ4v) is 3.98. The number of ether oxygens (including phenoxy) is 1. The molecule has 0 saturated carbocycles. The second-order valence-electron chi connectivity index (χ2n) is 5.76. The van der Waals surface area contributed by atoms with Crippen LogP contribution in [0.4, 0.5) is 5.95 Å². The van der Waals surface area contributed by atoms with Gasteiger partial charge in [-0.25, -0.2) is 17.7 Å². The Hall–Kier alpha value is -2.43. The third-order valence-corrected chi connectivity index (χ3v) is 6.46. The van der Waals surface area contributed by atoms with Crippen molar-refractivity contribution in [1.82, 2.24) is 19.6 Å². The van der Waals surface area contributed by atoms with Crippen LogP contribution in [0.5, 0.6) is 0 Å². The van der Waals surface area contributed by atoms with E-state index < -0.39 is 22.5 Å². The molecule has 12 heteroatoms. The van der Waals surface area contributed by atoms with Gasteiger partial charge in [-0.15, -0.1) is 5.10 Å². The van der Waals surface area contributed by atoms with Gasteiger partial charge in [0.15, 0.2) is 0 Å². The third kappa shape index (κ3) is 3.62. The number of esters is 1. The minimum absolute atomic E-state index is 0.0847. The zero-order valence-electron chi connectivity index (χ0n) is 15.0. The molecule has 1 aromatic carbocycles. The molecule has 3 aromatic rings. The van der Waals surface area contributed by atoms with Gasteiger partial charge in [0.1, 0.15) is 6.54 Å². The van der Waals surface area contributed by atoms with Crippen LogP contribution in [-0.2, 0) is 19.6 Å². The van der Waals surface area contributed by atoms with E-state index in [0.717, 1.165) is 11.4 Å². The first kappa shape index (κ1) is 20.3. The van der Waals surface area contributed by atoms with Crippen LogP contribution in [-0.4, -0.2) is 47.6 Å². The minimum atomic E-state index is -4.18. The first-order valence-electron chi connectivity index (χ1n) is 7.89. The molecule has 0 fully saturated rings. The largest absolute Gasteiger partial charge is 0.468 e. The maximum atomic E-state index is 13.1. The number of anilines is 1. The lowest BCUT2D eigenvalue weighted by Gasteiger charge is -2.19. The number of methoxy groups -OCH3 is 1. The molecule has 2 heterocycles. The summed E-state index contributed by atoms with van der Waals surface area (Å²) in [5.41, 5.74) is 1.05. The number of fused-ring (bicyclic) bond motifs is 1. The molecule has 0 N–H and O–H groups in total. The summed E-state index contributed by atoms with van der Waals surface area (Å²) >= 11 is 12.0. The van der Waals surface area contributed by atoms with Gasteiger partial charge in [-0.2, -0.15) is 9.50 Å². The number of rotatable bonds is 5. The molecule has 0 atom stereocenters. The molecule has 0 radical (unpaired) electrons. The second kappa shape index (κ2) is 7.53. The minimum Gasteiger partial charge on any atom is -0.468 e. The van der Waals surface area contributed by atoms with E-state index in [9.17, 15) is 13.2 Å². The van der Waals surface area contributed by atoms with E-state index in [2.05, 4.69) is 19.8 Å². The van der Waals surface area contributed by atoms with E-state index in [1.54, 1.807) is 13.8 Å². The van der Waals surface area contributed by atoms with Gasteiger partial charge in [0, 0.05) is 5.02 Å². The summed E-state index contributed by atoms with van der Waals surface area (Å²) in [6.07, 6.45) is 0. The first-order valence-corrected chi connectivity index (χ1v) is 10.1. The summed E-state index contributed by atoms with van der Waals surface area (Å²) in [7, 11) is -3.03. The van der Waals surface area contributed by atoms with E-state index in [-0.39, 0.29) is 16.6 Å². The Balaban J connectivity index is 2.18. The number of halogens is 2. The number of hydrogen-bond acceptors (Lipinski definition) is 7. The van der Waals surface area contributed by atoms with E-state index in [1.165, 1.54) is 28.8 Å². The highest BCUT2D eigenvalue weighted by atomic mass is 35.5. The molecule has 9 nitrogen and oxygen atoms in total. The summed E-state index contributed by atoms with van der Waals surface area (Å²) < 4.78 is 32.9. The highest BCUT2D eigenvalue weighted by Crippen LogP contribution is 2.25. The number of carbonyl (C=O) groups excluding carboxylic acids is 1. The van der Waals surface area contributed by atoms with Crippen molar-refractivity contribution in [3.8, 4) is 0 Å². The lowest BCUT2D eigenvalue weighted by atomic mass is 10.3. The number of carbonyl (C=O) groups is 1. The van der Waals surface area contributed by atoms with E-state index >= 15 is 0 Å². The third-order valence-electron chi connectivity index (χ3n) is 3.92. The Labute approximate surface area is 170 Å². The molecular formula is C16H15Cl2N5O4S. The Bertz CT molecular complexity index is 1160. The summed E-state index contributed by atoms with van der Waals surface area (Å²) in [5, 5.41) is 4.93. The number of nitrogens with zero attached hydrogens (tertiary/aromatic N) is 5. The Morgan fingerprint density at radius 1 is 1.18 bits per heavy atom. The van der Waals surface area contributed by atoms with Gasteiger partial charge in [0.05, 0.1) is 28.4 Å². The highest BCUT2D eigenvalue weighted by molar-refractivity contribution is 7.92. The van der Waals surface area contributed by atoms with Crippen molar-refractivity contribution in [2.24, 2.45) is 0 Å². The van der Waals surface area contributed by atoms with Crippen LogP contribution in [0, 0.1) is 13.8 Å². The summed E-state index contributed by atoms with van der Waals surface area (Å²) in [6.45, 7) is 2.77. The SMILES string of the molecule is COC(=O)CN(c1nc2nc(C)c(Cl)c(C)n2n1)S(=O)(=O)c1ccc(Cl)cc1. The highest BCUT2D eigenvalue weighted by Gasteiger charge is 2.31. The van der Waals surface area contributed by atoms with Gasteiger partial charge in [-0.1, -0.05) is 23.2 Å². The van der Waals surface area contributed by atoms with E-state index in [4.69, 9.17) is 23.2 Å². The van der Waals surface area contributed by atoms with Crippen molar-refractivity contribution in [2.75, 3.05) is 18.0 Å². The molecule has 148 valence electrons. The number of hydrogen-bond donors (Lipinski definition) is 0. The van der Waals surface area contributed by atoms with Crippen molar-refractivity contribution < 1.29 is 17.9 Å². The van der Waals surface area contributed by atoms with E-state index in [0.29, 0.717) is 21.4 Å². The predicted molar refractivity (Wildman–Crippen MR) is 103 cm³/mol. The predicted octanol–water partition coefficient (Wildman–Crippen LogP) is 2.42. The molecule has 28 heavy (non-hydrogen) atoms. The molecular weight excluding hydrogens is 429 g/mol. The van der Waals surface area contributed by atoms with Crippen LogP contribution >= 0.6 is 23.2 Å². The maximum absolute atomic E-state index is 13.1. The van der Waals surface area contributed by atoms with Crippen LogP contribution in [0.2, 0.25) is 10.0 Å². The second-order valence-corrected chi connectivity index (χ2v) is 8.44. The summed E-state index contributed by atoms with van der Waals surface area (Å²) in [6, 6.07) is 5.50. The molecule has 0 bridgehead atoms. The molecule has 0 amide bonds. The molecule has 3 rings (SSSR count).